The molecule has 0 saturated heterocycles. The zero-order chi connectivity index (χ0) is 15.0. The Labute approximate surface area is 122 Å². The van der Waals surface area contributed by atoms with E-state index in [1.807, 2.05) is 6.92 Å². The lowest BCUT2D eigenvalue weighted by atomic mass is 9.78. The minimum Gasteiger partial charge on any atom is -0.495 e. The summed E-state index contributed by atoms with van der Waals surface area (Å²) in [5, 5.41) is 2.91. The normalized spacial score (nSPS) is 17.1. The van der Waals surface area contributed by atoms with E-state index >= 15 is 0 Å². The average Bonchev–Trinajstić information content (AvgIpc) is 2.35. The summed E-state index contributed by atoms with van der Waals surface area (Å²) in [6.07, 6.45) is 2.94. The molecule has 1 saturated carbocycles. The van der Waals surface area contributed by atoms with Gasteiger partial charge in [-0.25, -0.2) is 8.42 Å². The van der Waals surface area contributed by atoms with E-state index in [1.54, 1.807) is 0 Å². The highest BCUT2D eigenvalue weighted by molar-refractivity contribution is 8.13. The molecule has 0 radical (unpaired) electrons. The molecule has 0 atom stereocenters. The Hall–Kier alpha value is -1.27. The van der Waals surface area contributed by atoms with Gasteiger partial charge in [0.15, 0.2) is 0 Å². The van der Waals surface area contributed by atoms with Crippen LogP contribution in [0.1, 0.15) is 36.5 Å². The number of halogens is 1. The molecule has 0 heterocycles. The van der Waals surface area contributed by atoms with E-state index in [4.69, 9.17) is 15.4 Å². The zero-order valence-electron chi connectivity index (χ0n) is 11.3. The van der Waals surface area contributed by atoms with Crippen molar-refractivity contribution in [2.45, 2.75) is 36.6 Å². The molecule has 0 aromatic heterocycles. The van der Waals surface area contributed by atoms with Crippen LogP contribution in [0.25, 0.3) is 0 Å². The third kappa shape index (κ3) is 3.07. The van der Waals surface area contributed by atoms with Crippen LogP contribution in [-0.2, 0) is 9.05 Å². The number of benzene rings is 1. The molecule has 1 aromatic rings. The number of hydrogen-bond acceptors (Lipinski definition) is 4. The van der Waals surface area contributed by atoms with Crippen LogP contribution in [0.15, 0.2) is 23.1 Å². The molecule has 5 nitrogen and oxygen atoms in total. The maximum Gasteiger partial charge on any atom is 0.265 e. The van der Waals surface area contributed by atoms with Crippen molar-refractivity contribution in [1.29, 1.82) is 0 Å². The minimum atomic E-state index is -3.97. The molecule has 1 N–H and O–H groups in total. The van der Waals surface area contributed by atoms with Gasteiger partial charge >= 0.3 is 0 Å². The molecule has 0 unspecified atom stereocenters. The first-order valence-electron chi connectivity index (χ1n) is 6.20. The fourth-order valence-corrected chi connectivity index (χ4v) is 3.21. The SMILES string of the molecule is COc1ccc(C(=O)NC2(C)CCC2)cc1S(=O)(=O)Cl. The van der Waals surface area contributed by atoms with Crippen molar-refractivity contribution in [3.8, 4) is 5.75 Å². The Morgan fingerprint density at radius 3 is 2.50 bits per heavy atom. The maximum atomic E-state index is 12.1. The summed E-state index contributed by atoms with van der Waals surface area (Å²) in [5.74, 6) is -0.192. The molecule has 1 aromatic carbocycles. The van der Waals surface area contributed by atoms with Gasteiger partial charge in [0, 0.05) is 21.8 Å². The number of hydrogen-bond donors (Lipinski definition) is 1. The van der Waals surface area contributed by atoms with Gasteiger partial charge in [0.25, 0.3) is 15.0 Å². The van der Waals surface area contributed by atoms with E-state index in [9.17, 15) is 13.2 Å². The number of carbonyl (C=O) groups is 1. The lowest BCUT2D eigenvalue weighted by molar-refractivity contribution is 0.0850. The molecule has 0 spiro atoms. The molecular formula is C13H16ClNO4S. The minimum absolute atomic E-state index is 0.117. The molecule has 1 aliphatic carbocycles. The highest BCUT2D eigenvalue weighted by Gasteiger charge is 2.33. The maximum absolute atomic E-state index is 12.1. The first-order valence-corrected chi connectivity index (χ1v) is 8.51. The average molecular weight is 318 g/mol. The van der Waals surface area contributed by atoms with Gasteiger partial charge in [-0.15, -0.1) is 0 Å². The van der Waals surface area contributed by atoms with E-state index in [0.29, 0.717) is 0 Å². The van der Waals surface area contributed by atoms with Crippen LogP contribution in [0.5, 0.6) is 5.75 Å². The smallest absolute Gasteiger partial charge is 0.265 e. The topological polar surface area (TPSA) is 72.5 Å². The summed E-state index contributed by atoms with van der Waals surface area (Å²) >= 11 is 0. The van der Waals surface area contributed by atoms with Crippen LogP contribution in [0.4, 0.5) is 0 Å². The van der Waals surface area contributed by atoms with Crippen LogP contribution in [0.3, 0.4) is 0 Å². The molecule has 2 rings (SSSR count). The van der Waals surface area contributed by atoms with Gasteiger partial charge in [0.1, 0.15) is 10.6 Å². The quantitative estimate of drug-likeness (QED) is 0.865. The van der Waals surface area contributed by atoms with Crippen molar-refractivity contribution in [2.75, 3.05) is 7.11 Å². The van der Waals surface area contributed by atoms with Crippen molar-refractivity contribution >= 4 is 25.6 Å². The molecular weight excluding hydrogens is 302 g/mol. The van der Waals surface area contributed by atoms with Gasteiger partial charge in [-0.05, 0) is 44.4 Å². The molecule has 7 heteroatoms. The zero-order valence-corrected chi connectivity index (χ0v) is 12.8. The molecule has 1 amide bonds. The predicted octanol–water partition coefficient (Wildman–Crippen LogP) is 2.30. The Morgan fingerprint density at radius 2 is 2.05 bits per heavy atom. The van der Waals surface area contributed by atoms with Crippen LogP contribution in [0.2, 0.25) is 0 Å². The summed E-state index contributed by atoms with van der Waals surface area (Å²) in [4.78, 5) is 11.9. The lowest BCUT2D eigenvalue weighted by Crippen LogP contribution is -2.50. The summed E-state index contributed by atoms with van der Waals surface area (Å²) in [6.45, 7) is 1.97. The largest absolute Gasteiger partial charge is 0.495 e. The standard InChI is InChI=1S/C13H16ClNO4S/c1-13(6-3-7-13)15-12(16)9-4-5-10(19-2)11(8-9)20(14,17)18/h4-5,8H,3,6-7H2,1-2H3,(H,15,16). The molecule has 110 valence electrons. The molecule has 1 fully saturated rings. The van der Waals surface area contributed by atoms with E-state index in [0.717, 1.165) is 19.3 Å². The summed E-state index contributed by atoms with van der Waals surface area (Å²) in [5.41, 5.74) is 0.0509. The van der Waals surface area contributed by atoms with Crippen LogP contribution in [-0.4, -0.2) is 27.0 Å². The Morgan fingerprint density at radius 1 is 1.40 bits per heavy atom. The molecule has 1 aliphatic rings. The van der Waals surface area contributed by atoms with E-state index in [2.05, 4.69) is 5.32 Å². The number of amides is 1. The Bertz CT molecular complexity index is 638. The first kappa shape index (κ1) is 15.1. The van der Waals surface area contributed by atoms with Gasteiger partial charge in [0.2, 0.25) is 0 Å². The van der Waals surface area contributed by atoms with Gasteiger partial charge in [-0.2, -0.15) is 0 Å². The second-order valence-electron chi connectivity index (χ2n) is 5.17. The number of methoxy groups -OCH3 is 1. The predicted molar refractivity (Wildman–Crippen MR) is 75.8 cm³/mol. The molecule has 0 aliphatic heterocycles. The van der Waals surface area contributed by atoms with Crippen molar-refractivity contribution in [2.24, 2.45) is 0 Å². The highest BCUT2D eigenvalue weighted by Crippen LogP contribution is 2.32. The van der Waals surface area contributed by atoms with Gasteiger partial charge < -0.3 is 10.1 Å². The summed E-state index contributed by atoms with van der Waals surface area (Å²) < 4.78 is 27.9. The van der Waals surface area contributed by atoms with Crippen molar-refractivity contribution in [3.63, 3.8) is 0 Å². The lowest BCUT2D eigenvalue weighted by Gasteiger charge is -2.39. The Kier molecular flexibility index (Phi) is 3.97. The third-order valence-corrected chi connectivity index (χ3v) is 4.90. The van der Waals surface area contributed by atoms with E-state index in [-0.39, 0.29) is 27.7 Å². The number of ether oxygens (including phenoxy) is 1. The number of nitrogens with one attached hydrogen (secondary N) is 1. The second-order valence-corrected chi connectivity index (χ2v) is 7.71. The van der Waals surface area contributed by atoms with Crippen LogP contribution < -0.4 is 10.1 Å². The molecule has 0 bridgehead atoms. The second kappa shape index (κ2) is 5.26. The third-order valence-electron chi connectivity index (χ3n) is 3.56. The van der Waals surface area contributed by atoms with Crippen molar-refractivity contribution in [1.82, 2.24) is 5.32 Å². The van der Waals surface area contributed by atoms with Crippen molar-refractivity contribution < 1.29 is 17.9 Å². The fraction of sp³-hybridized carbons (Fsp3) is 0.462. The van der Waals surface area contributed by atoms with E-state index < -0.39 is 9.05 Å². The number of carbonyl (C=O) groups excluding carboxylic acids is 1. The van der Waals surface area contributed by atoms with Crippen LogP contribution in [0, 0.1) is 0 Å². The van der Waals surface area contributed by atoms with E-state index in [1.165, 1.54) is 25.3 Å². The first-order chi connectivity index (χ1) is 9.25. The van der Waals surface area contributed by atoms with Gasteiger partial charge in [-0.3, -0.25) is 4.79 Å². The van der Waals surface area contributed by atoms with Crippen LogP contribution >= 0.6 is 10.7 Å². The van der Waals surface area contributed by atoms with Crippen molar-refractivity contribution in [3.05, 3.63) is 23.8 Å². The summed E-state index contributed by atoms with van der Waals surface area (Å²) in [6, 6.07) is 4.17. The summed E-state index contributed by atoms with van der Waals surface area (Å²) in [7, 11) is 2.72. The van der Waals surface area contributed by atoms with Gasteiger partial charge in [-0.1, -0.05) is 0 Å². The molecule has 20 heavy (non-hydrogen) atoms. The Balaban J connectivity index is 2.31. The van der Waals surface area contributed by atoms with Gasteiger partial charge in [0.05, 0.1) is 7.11 Å². The monoisotopic (exact) mass is 317 g/mol. The highest BCUT2D eigenvalue weighted by atomic mass is 35.7. The fourth-order valence-electron chi connectivity index (χ4n) is 2.19. The number of rotatable bonds is 4.